The number of aromatic nitrogens is 4. The summed E-state index contributed by atoms with van der Waals surface area (Å²) in [6.45, 7) is 0. The van der Waals surface area contributed by atoms with Crippen LogP contribution >= 0.6 is 0 Å². The van der Waals surface area contributed by atoms with Gasteiger partial charge in [0.1, 0.15) is 11.5 Å². The molecule has 2 heterocycles. The van der Waals surface area contributed by atoms with E-state index in [0.29, 0.717) is 45.4 Å². The number of H-pyrrole nitrogens is 2. The second-order valence-electron chi connectivity index (χ2n) is 8.02. The molecule has 10 nitrogen and oxygen atoms in total. The lowest BCUT2D eigenvalue weighted by Crippen LogP contribution is -2.07. The van der Waals surface area contributed by atoms with Crippen molar-refractivity contribution in [1.82, 2.24) is 20.4 Å². The van der Waals surface area contributed by atoms with Gasteiger partial charge in [-0.05, 0) is 42.5 Å². The first-order chi connectivity index (χ1) is 18.6. The van der Waals surface area contributed by atoms with Crippen molar-refractivity contribution in [3.8, 4) is 56.5 Å². The van der Waals surface area contributed by atoms with E-state index in [4.69, 9.17) is 9.47 Å². The Morgan fingerprint density at radius 3 is 1.50 bits per heavy atom. The molecule has 3 aromatic carbocycles. The number of methoxy groups -OCH3 is 2. The van der Waals surface area contributed by atoms with Crippen LogP contribution in [0.2, 0.25) is 0 Å². The summed E-state index contributed by atoms with van der Waals surface area (Å²) in [6.07, 6.45) is -1.61. The third kappa shape index (κ3) is 5.09. The number of benzene rings is 3. The van der Waals surface area contributed by atoms with E-state index in [1.807, 2.05) is 60.7 Å². The molecule has 0 bridgehead atoms. The first-order valence-electron chi connectivity index (χ1n) is 11.5. The summed E-state index contributed by atoms with van der Waals surface area (Å²) in [7, 11) is 2.51. The molecule has 2 aromatic heterocycles. The average Bonchev–Trinajstić information content (AvgIpc) is 3.64. The zero-order valence-electron chi connectivity index (χ0n) is 20.4. The lowest BCUT2D eigenvalue weighted by Gasteiger charge is -2.07. The predicted molar refractivity (Wildman–Crippen MR) is 139 cm³/mol. The van der Waals surface area contributed by atoms with Crippen molar-refractivity contribution in [3.05, 3.63) is 84.9 Å². The van der Waals surface area contributed by atoms with Crippen molar-refractivity contribution in [2.45, 2.75) is 0 Å². The van der Waals surface area contributed by atoms with Crippen LogP contribution in [0.5, 0.6) is 11.5 Å². The van der Waals surface area contributed by atoms with E-state index in [-0.39, 0.29) is 0 Å². The highest BCUT2D eigenvalue weighted by molar-refractivity contribution is 5.79. The predicted octanol–water partition coefficient (Wildman–Crippen LogP) is 6.09. The minimum absolute atomic E-state index is 0.351. The lowest BCUT2D eigenvalue weighted by molar-refractivity contribution is 0.120. The number of nitrogens with one attached hydrogen (secondary N) is 2. The molecule has 2 N–H and O–H groups in total. The Labute approximate surface area is 217 Å². The van der Waals surface area contributed by atoms with Crippen LogP contribution in [0.15, 0.2) is 84.9 Å². The smallest absolute Gasteiger partial charge is 0.437 e. The Morgan fingerprint density at radius 1 is 0.605 bits per heavy atom. The fourth-order valence-electron chi connectivity index (χ4n) is 3.87. The van der Waals surface area contributed by atoms with Crippen LogP contribution in [0, 0.1) is 0 Å². The van der Waals surface area contributed by atoms with Crippen molar-refractivity contribution in [2.24, 2.45) is 0 Å². The van der Waals surface area contributed by atoms with Crippen LogP contribution in [0.1, 0.15) is 0 Å². The van der Waals surface area contributed by atoms with Gasteiger partial charge in [0, 0.05) is 22.3 Å². The van der Waals surface area contributed by atoms with Gasteiger partial charge >= 0.3 is 12.3 Å². The van der Waals surface area contributed by atoms with Crippen LogP contribution in [-0.2, 0) is 9.47 Å². The summed E-state index contributed by atoms with van der Waals surface area (Å²) in [5, 5.41) is 14.9. The molecule has 0 saturated carbocycles. The third-order valence-electron chi connectivity index (χ3n) is 5.68. The number of carbonyl (C=O) groups is 2. The first kappa shape index (κ1) is 24.3. The molecule has 190 valence electrons. The molecule has 10 heteroatoms. The van der Waals surface area contributed by atoms with Crippen molar-refractivity contribution in [3.63, 3.8) is 0 Å². The largest absolute Gasteiger partial charge is 0.513 e. The highest BCUT2D eigenvalue weighted by atomic mass is 16.7. The number of ether oxygens (including phenoxy) is 4. The van der Waals surface area contributed by atoms with Crippen LogP contribution in [-0.4, -0.2) is 46.9 Å². The fraction of sp³-hybridized carbons (Fsp3) is 0.0714. The zero-order valence-corrected chi connectivity index (χ0v) is 20.4. The Bertz CT molecular complexity index is 1490. The Kier molecular flexibility index (Phi) is 6.85. The van der Waals surface area contributed by atoms with Gasteiger partial charge in [-0.15, -0.1) is 0 Å². The van der Waals surface area contributed by atoms with Crippen LogP contribution in [0.4, 0.5) is 9.59 Å². The molecule has 0 radical (unpaired) electrons. The number of hydrogen-bond acceptors (Lipinski definition) is 8. The number of carbonyl (C=O) groups excluding carboxylic acids is 2. The van der Waals surface area contributed by atoms with Crippen molar-refractivity contribution >= 4 is 12.3 Å². The minimum Gasteiger partial charge on any atom is -0.437 e. The molecule has 5 aromatic rings. The molecule has 0 fully saturated rings. The van der Waals surface area contributed by atoms with E-state index in [1.54, 1.807) is 24.3 Å². The molecule has 0 amide bonds. The summed E-state index contributed by atoms with van der Waals surface area (Å²) in [5.74, 6) is 0.702. The second-order valence-corrected chi connectivity index (χ2v) is 8.02. The molecule has 0 atom stereocenters. The number of rotatable bonds is 6. The Morgan fingerprint density at radius 2 is 1.05 bits per heavy atom. The SMILES string of the molecule is COC(=O)Oc1ccccc1-c1cc(-c2cccc(-c3cc(-c4ccccc4OC(=O)OC)[nH]n3)c2)n[nH]1. The molecule has 0 aliphatic carbocycles. The Hall–Kier alpha value is -5.38. The molecular formula is C28H22N4O6. The van der Waals surface area contributed by atoms with Gasteiger partial charge in [0.25, 0.3) is 0 Å². The second kappa shape index (κ2) is 10.7. The third-order valence-corrected chi connectivity index (χ3v) is 5.68. The highest BCUT2D eigenvalue weighted by Crippen LogP contribution is 2.34. The molecule has 0 saturated heterocycles. The molecule has 0 unspecified atom stereocenters. The quantitative estimate of drug-likeness (QED) is 0.207. The maximum Gasteiger partial charge on any atom is 0.513 e. The van der Waals surface area contributed by atoms with Crippen molar-refractivity contribution in [1.29, 1.82) is 0 Å². The first-order valence-corrected chi connectivity index (χ1v) is 11.5. The molecule has 5 rings (SSSR count). The lowest BCUT2D eigenvalue weighted by atomic mass is 10.0. The standard InChI is InChI=1S/C28H22N4O6/c1-35-27(33)37-25-12-5-3-10-19(25)23-15-21(29-31-23)17-8-7-9-18(14-17)22-16-24(32-30-22)20-11-4-6-13-26(20)38-28(34)36-2/h3-16H,1-2H3,(H,29,31)(H,30,32). The van der Waals surface area contributed by atoms with E-state index in [0.717, 1.165) is 11.1 Å². The van der Waals surface area contributed by atoms with Gasteiger partial charge in [-0.1, -0.05) is 42.5 Å². The highest BCUT2D eigenvalue weighted by Gasteiger charge is 2.16. The maximum atomic E-state index is 11.6. The summed E-state index contributed by atoms with van der Waals surface area (Å²) < 4.78 is 19.7. The average molecular weight is 511 g/mol. The van der Waals surface area contributed by atoms with Crippen LogP contribution in [0.3, 0.4) is 0 Å². The fourth-order valence-corrected chi connectivity index (χ4v) is 3.87. The van der Waals surface area contributed by atoms with Gasteiger partial charge in [0.15, 0.2) is 0 Å². The van der Waals surface area contributed by atoms with Crippen LogP contribution < -0.4 is 9.47 Å². The zero-order chi connectivity index (χ0) is 26.5. The maximum absolute atomic E-state index is 11.6. The Balaban J connectivity index is 1.42. The van der Waals surface area contributed by atoms with E-state index < -0.39 is 12.3 Å². The van der Waals surface area contributed by atoms with E-state index in [2.05, 4.69) is 29.9 Å². The van der Waals surface area contributed by atoms with Crippen molar-refractivity contribution < 1.29 is 28.5 Å². The van der Waals surface area contributed by atoms with E-state index in [9.17, 15) is 9.59 Å². The topological polar surface area (TPSA) is 128 Å². The summed E-state index contributed by atoms with van der Waals surface area (Å²) >= 11 is 0. The molecular weight excluding hydrogens is 488 g/mol. The van der Waals surface area contributed by atoms with Gasteiger partial charge in [-0.25, -0.2) is 9.59 Å². The van der Waals surface area contributed by atoms with Gasteiger partial charge in [0.05, 0.1) is 37.0 Å². The minimum atomic E-state index is -0.803. The summed E-state index contributed by atoms with van der Waals surface area (Å²) in [5.41, 5.74) is 5.79. The molecule has 0 aliphatic rings. The molecule has 0 aliphatic heterocycles. The van der Waals surface area contributed by atoms with Gasteiger partial charge in [-0.3, -0.25) is 10.2 Å². The van der Waals surface area contributed by atoms with Gasteiger partial charge in [-0.2, -0.15) is 10.2 Å². The number of hydrogen-bond donors (Lipinski definition) is 2. The number of para-hydroxylation sites is 2. The van der Waals surface area contributed by atoms with Crippen molar-refractivity contribution in [2.75, 3.05) is 14.2 Å². The summed E-state index contributed by atoms with van der Waals surface area (Å²) in [4.78, 5) is 23.3. The number of aromatic amines is 2. The van der Waals surface area contributed by atoms with Gasteiger partial charge in [0.2, 0.25) is 0 Å². The van der Waals surface area contributed by atoms with E-state index in [1.165, 1.54) is 14.2 Å². The molecule has 0 spiro atoms. The molecule has 38 heavy (non-hydrogen) atoms. The normalized spacial score (nSPS) is 10.6. The summed E-state index contributed by atoms with van der Waals surface area (Å²) in [6, 6.07) is 25.7. The van der Waals surface area contributed by atoms with E-state index >= 15 is 0 Å². The number of nitrogens with zero attached hydrogens (tertiary/aromatic N) is 2. The van der Waals surface area contributed by atoms with Gasteiger partial charge < -0.3 is 18.9 Å². The van der Waals surface area contributed by atoms with Crippen LogP contribution in [0.25, 0.3) is 45.0 Å². The monoisotopic (exact) mass is 510 g/mol.